The lowest BCUT2D eigenvalue weighted by Crippen LogP contribution is -2.43. The summed E-state index contributed by atoms with van der Waals surface area (Å²) in [6.07, 6.45) is 0.353. The monoisotopic (exact) mass is 493 g/mol. The fraction of sp³-hybridized carbons (Fsp3) is 0.423. The van der Waals surface area contributed by atoms with Gasteiger partial charge in [0.05, 0.1) is 0 Å². The molecule has 2 heterocycles. The molecule has 2 aliphatic rings. The van der Waals surface area contributed by atoms with Gasteiger partial charge in [-0.25, -0.2) is 9.29 Å². The molecule has 1 saturated heterocycles. The van der Waals surface area contributed by atoms with E-state index in [0.717, 1.165) is 17.6 Å². The van der Waals surface area contributed by atoms with Crippen LogP contribution in [0.4, 0.5) is 17.6 Å². The fourth-order valence-corrected chi connectivity index (χ4v) is 4.02. The summed E-state index contributed by atoms with van der Waals surface area (Å²) in [7, 11) is 0. The minimum atomic E-state index is -4.81. The summed E-state index contributed by atoms with van der Waals surface area (Å²) in [6.45, 7) is 10.5. The second-order valence-corrected chi connectivity index (χ2v) is 8.85. The number of carbonyl (C=O) groups excluding carboxylic acids is 1. The Balaban J connectivity index is 1.73. The van der Waals surface area contributed by atoms with Gasteiger partial charge in [-0.05, 0) is 61.4 Å². The molecule has 1 amide bonds. The highest BCUT2D eigenvalue weighted by Gasteiger charge is 2.47. The van der Waals surface area contributed by atoms with E-state index in [1.807, 2.05) is 6.92 Å². The van der Waals surface area contributed by atoms with Crippen molar-refractivity contribution in [2.45, 2.75) is 52.1 Å². The predicted molar refractivity (Wildman–Crippen MR) is 126 cm³/mol. The largest absolute Gasteiger partial charge is 0.449 e. The van der Waals surface area contributed by atoms with Crippen molar-refractivity contribution in [3.63, 3.8) is 0 Å². The van der Waals surface area contributed by atoms with E-state index < -0.39 is 29.9 Å². The van der Waals surface area contributed by atoms with Crippen LogP contribution < -0.4 is 10.6 Å². The lowest BCUT2D eigenvalue weighted by Gasteiger charge is -2.24. The Morgan fingerprint density at radius 3 is 2.74 bits per heavy atom. The highest BCUT2D eigenvalue weighted by atomic mass is 19.4. The maximum atomic E-state index is 13.7. The quantitative estimate of drug-likeness (QED) is 0.373. The zero-order valence-electron chi connectivity index (χ0n) is 20.1. The molecule has 1 aromatic carbocycles. The Bertz CT molecular complexity index is 1050. The Hall–Kier alpha value is -3.07. The highest BCUT2D eigenvalue weighted by molar-refractivity contribution is 5.94. The third-order valence-electron chi connectivity index (χ3n) is 6.48. The molecule has 3 atom stereocenters. The molecule has 1 aromatic rings. The van der Waals surface area contributed by atoms with Gasteiger partial charge in [-0.1, -0.05) is 44.2 Å². The van der Waals surface area contributed by atoms with E-state index in [-0.39, 0.29) is 17.4 Å². The summed E-state index contributed by atoms with van der Waals surface area (Å²) < 4.78 is 60.3. The maximum Gasteiger partial charge on any atom is 0.434 e. The van der Waals surface area contributed by atoms with Gasteiger partial charge < -0.3 is 15.4 Å². The van der Waals surface area contributed by atoms with Crippen molar-refractivity contribution < 1.29 is 27.1 Å². The van der Waals surface area contributed by atoms with Gasteiger partial charge >= 0.3 is 6.18 Å². The van der Waals surface area contributed by atoms with Crippen molar-refractivity contribution >= 4 is 5.91 Å². The van der Waals surface area contributed by atoms with Crippen molar-refractivity contribution in [2.75, 3.05) is 13.1 Å². The smallest absolute Gasteiger partial charge is 0.434 e. The summed E-state index contributed by atoms with van der Waals surface area (Å²) in [5, 5.41) is 4.77. The van der Waals surface area contributed by atoms with Gasteiger partial charge in [-0.3, -0.25) is 4.79 Å². The number of ether oxygens (including phenoxy) is 1. The van der Waals surface area contributed by atoms with E-state index in [2.05, 4.69) is 31.1 Å². The number of halogens is 4. The van der Waals surface area contributed by atoms with E-state index in [1.54, 1.807) is 29.2 Å². The number of nitrogens with zero attached hydrogens (tertiary/aromatic N) is 1. The molecule has 5 nitrogen and oxygen atoms in total. The molecule has 0 radical (unpaired) electrons. The second kappa shape index (κ2) is 11.1. The van der Waals surface area contributed by atoms with Crippen molar-refractivity contribution in [3.8, 4) is 0 Å². The van der Waals surface area contributed by atoms with Crippen LogP contribution in [-0.2, 0) is 9.53 Å². The Morgan fingerprint density at radius 1 is 1.37 bits per heavy atom. The van der Waals surface area contributed by atoms with Gasteiger partial charge in [0, 0.05) is 18.8 Å². The van der Waals surface area contributed by atoms with E-state index >= 15 is 0 Å². The Morgan fingerprint density at radius 2 is 2.11 bits per heavy atom. The molecule has 0 spiro atoms. The molecule has 9 heteroatoms. The van der Waals surface area contributed by atoms with Gasteiger partial charge in [0.2, 0.25) is 12.1 Å². The molecule has 0 saturated carbocycles. The molecule has 3 unspecified atom stereocenters. The summed E-state index contributed by atoms with van der Waals surface area (Å²) in [4.78, 5) is 14.5. The van der Waals surface area contributed by atoms with Crippen molar-refractivity contribution in [1.29, 1.82) is 0 Å². The van der Waals surface area contributed by atoms with Crippen LogP contribution in [0.3, 0.4) is 0 Å². The molecule has 0 aliphatic carbocycles. The second-order valence-electron chi connectivity index (χ2n) is 8.85. The van der Waals surface area contributed by atoms with Crippen molar-refractivity contribution in [3.05, 3.63) is 83.2 Å². The van der Waals surface area contributed by atoms with Gasteiger partial charge in [0.1, 0.15) is 5.82 Å². The first-order chi connectivity index (χ1) is 16.5. The molecular formula is C26H31F4N3O2. The number of hydrogen-bond donors (Lipinski definition) is 2. The van der Waals surface area contributed by atoms with Crippen LogP contribution in [0.15, 0.2) is 71.8 Å². The van der Waals surface area contributed by atoms with Crippen LogP contribution in [0.1, 0.15) is 45.1 Å². The van der Waals surface area contributed by atoms with E-state index in [4.69, 9.17) is 4.74 Å². The number of alkyl halides is 3. The molecule has 190 valence electrons. The molecule has 2 N–H and O–H groups in total. The first-order valence-corrected chi connectivity index (χ1v) is 11.6. The standard InChI is InChI=1S/C26H31F4N3O2/c1-5-16(3)17(4)10-11-21(6-2)31-24(34)22-23(26(28,29)30)32-25(35-22)33-13-12-19(15-33)18-8-7-9-20(27)14-18/h6-11,14,16,19,25,32H,2,5,12-13,15H2,1,3-4H3,(H,31,34)/b17-10-,21-11+. The van der Waals surface area contributed by atoms with Crippen molar-refractivity contribution in [2.24, 2.45) is 5.92 Å². The lowest BCUT2D eigenvalue weighted by atomic mass is 9.98. The first-order valence-electron chi connectivity index (χ1n) is 11.6. The predicted octanol–water partition coefficient (Wildman–Crippen LogP) is 5.47. The number of hydrogen-bond acceptors (Lipinski definition) is 4. The average molecular weight is 494 g/mol. The molecule has 35 heavy (non-hydrogen) atoms. The van der Waals surface area contributed by atoms with Crippen LogP contribution in [0.2, 0.25) is 0 Å². The molecule has 2 aliphatic heterocycles. The number of likely N-dealkylation sites (tertiary alicyclic amines) is 1. The number of nitrogens with one attached hydrogen (secondary N) is 2. The third kappa shape index (κ3) is 6.54. The van der Waals surface area contributed by atoms with Gasteiger partial charge in [-0.15, -0.1) is 0 Å². The van der Waals surface area contributed by atoms with Crippen LogP contribution in [0.25, 0.3) is 0 Å². The zero-order chi connectivity index (χ0) is 25.8. The van der Waals surface area contributed by atoms with Gasteiger partial charge in [0.25, 0.3) is 5.91 Å². The number of benzene rings is 1. The summed E-state index contributed by atoms with van der Waals surface area (Å²) >= 11 is 0. The normalized spacial score (nSPS) is 22.6. The van der Waals surface area contributed by atoms with Gasteiger partial charge in [0.15, 0.2) is 5.70 Å². The topological polar surface area (TPSA) is 53.6 Å². The van der Waals surface area contributed by atoms with Gasteiger partial charge in [-0.2, -0.15) is 13.2 Å². The number of carbonyl (C=O) groups is 1. The minimum absolute atomic E-state index is 0.0563. The van der Waals surface area contributed by atoms with Crippen LogP contribution in [-0.4, -0.2) is 36.4 Å². The zero-order valence-corrected chi connectivity index (χ0v) is 20.1. The van der Waals surface area contributed by atoms with E-state index in [1.165, 1.54) is 18.2 Å². The van der Waals surface area contributed by atoms with E-state index in [9.17, 15) is 22.4 Å². The molecule has 0 bridgehead atoms. The average Bonchev–Trinajstić information content (AvgIpc) is 3.48. The number of allylic oxidation sites excluding steroid dienone is 5. The Labute approximate surface area is 203 Å². The lowest BCUT2D eigenvalue weighted by molar-refractivity contribution is -0.123. The van der Waals surface area contributed by atoms with Crippen LogP contribution in [0, 0.1) is 11.7 Å². The van der Waals surface area contributed by atoms with Crippen LogP contribution >= 0.6 is 0 Å². The molecular weight excluding hydrogens is 462 g/mol. The number of amides is 1. The maximum absolute atomic E-state index is 13.7. The summed E-state index contributed by atoms with van der Waals surface area (Å²) in [5.74, 6) is -1.94. The minimum Gasteiger partial charge on any atom is -0.449 e. The summed E-state index contributed by atoms with van der Waals surface area (Å²) in [6, 6.07) is 6.17. The SMILES string of the molecule is C=C/C(=C\C=C(\C)C(C)CC)NC(=O)C1=C(C(F)(F)F)NC(N2CCC(c3cccc(F)c3)C2)O1. The summed E-state index contributed by atoms with van der Waals surface area (Å²) in [5.41, 5.74) is 0.862. The first kappa shape index (κ1) is 26.5. The molecule has 1 fully saturated rings. The number of rotatable bonds is 8. The van der Waals surface area contributed by atoms with E-state index in [0.29, 0.717) is 25.4 Å². The fourth-order valence-electron chi connectivity index (χ4n) is 4.02. The molecule has 3 rings (SSSR count). The third-order valence-corrected chi connectivity index (χ3v) is 6.48. The Kier molecular flexibility index (Phi) is 8.43. The van der Waals surface area contributed by atoms with Crippen molar-refractivity contribution in [1.82, 2.24) is 15.5 Å². The molecule has 0 aromatic heterocycles. The highest BCUT2D eigenvalue weighted by Crippen LogP contribution is 2.35. The van der Waals surface area contributed by atoms with Crippen LogP contribution in [0.5, 0.6) is 0 Å².